The van der Waals surface area contributed by atoms with Crippen molar-refractivity contribution >= 4 is 5.91 Å². The van der Waals surface area contributed by atoms with Gasteiger partial charge >= 0.3 is 0 Å². The molecule has 1 saturated heterocycles. The van der Waals surface area contributed by atoms with Gasteiger partial charge in [-0.1, -0.05) is 30.3 Å². The summed E-state index contributed by atoms with van der Waals surface area (Å²) in [6.45, 7) is 7.94. The highest BCUT2D eigenvalue weighted by Gasteiger charge is 2.29. The van der Waals surface area contributed by atoms with Crippen LogP contribution in [-0.2, 0) is 11.2 Å². The fraction of sp³-hybridized carbons (Fsp3) is 0.632. The average Bonchev–Trinajstić information content (AvgIpc) is 3.40. The van der Waals surface area contributed by atoms with Gasteiger partial charge in [0.05, 0.1) is 6.54 Å². The quantitative estimate of drug-likeness (QED) is 0.833. The zero-order valence-electron chi connectivity index (χ0n) is 14.2. The van der Waals surface area contributed by atoms with Crippen molar-refractivity contribution in [2.75, 3.05) is 39.3 Å². The van der Waals surface area contributed by atoms with Gasteiger partial charge < -0.3 is 10.2 Å². The van der Waals surface area contributed by atoms with Gasteiger partial charge in [0.2, 0.25) is 5.91 Å². The Bertz CT molecular complexity index is 493. The Morgan fingerprint density at radius 2 is 1.78 bits per heavy atom. The lowest BCUT2D eigenvalue weighted by Crippen LogP contribution is -2.50. The molecule has 4 heteroatoms. The summed E-state index contributed by atoms with van der Waals surface area (Å²) in [4.78, 5) is 16.9. The topological polar surface area (TPSA) is 35.6 Å². The maximum absolute atomic E-state index is 12.1. The molecule has 2 aliphatic rings. The van der Waals surface area contributed by atoms with Gasteiger partial charge in [-0.15, -0.1) is 0 Å². The molecule has 1 aliphatic carbocycles. The molecule has 23 heavy (non-hydrogen) atoms. The molecule has 4 nitrogen and oxygen atoms in total. The van der Waals surface area contributed by atoms with Crippen molar-refractivity contribution in [2.45, 2.75) is 32.2 Å². The minimum absolute atomic E-state index is 0.196. The molecular formula is C19H29N3O. The molecule has 1 aromatic rings. The molecule has 0 aromatic heterocycles. The van der Waals surface area contributed by atoms with E-state index in [1.54, 1.807) is 0 Å². The summed E-state index contributed by atoms with van der Waals surface area (Å²) < 4.78 is 0. The molecule has 2 fully saturated rings. The minimum Gasteiger partial charge on any atom is -0.352 e. The molecule has 0 radical (unpaired) electrons. The van der Waals surface area contributed by atoms with Gasteiger partial charge in [-0.2, -0.15) is 0 Å². The van der Waals surface area contributed by atoms with Crippen LogP contribution in [0.1, 0.15) is 25.3 Å². The summed E-state index contributed by atoms with van der Waals surface area (Å²) in [6.07, 6.45) is 3.67. The van der Waals surface area contributed by atoms with Crippen LogP contribution in [0.2, 0.25) is 0 Å². The van der Waals surface area contributed by atoms with Gasteiger partial charge in [0.1, 0.15) is 0 Å². The number of piperazine rings is 1. The van der Waals surface area contributed by atoms with Crippen LogP contribution in [0.25, 0.3) is 0 Å². The van der Waals surface area contributed by atoms with E-state index < -0.39 is 0 Å². The number of amides is 1. The normalized spacial score (nSPS) is 21.1. The van der Waals surface area contributed by atoms with Crippen LogP contribution in [0.15, 0.2) is 30.3 Å². The first-order valence-corrected chi connectivity index (χ1v) is 8.99. The summed E-state index contributed by atoms with van der Waals surface area (Å²) >= 11 is 0. The third-order valence-electron chi connectivity index (χ3n) is 5.11. The first kappa shape index (κ1) is 16.5. The van der Waals surface area contributed by atoms with Gasteiger partial charge in [0.15, 0.2) is 0 Å². The second-order valence-corrected chi connectivity index (χ2v) is 7.05. The number of rotatable bonds is 7. The molecular weight excluding hydrogens is 286 g/mol. The Labute approximate surface area is 139 Å². The molecule has 126 valence electrons. The average molecular weight is 315 g/mol. The lowest BCUT2D eigenvalue weighted by atomic mass is 10.1. The third kappa shape index (κ3) is 5.33. The Morgan fingerprint density at radius 3 is 2.43 bits per heavy atom. The molecule has 1 aliphatic heterocycles. The molecule has 1 saturated carbocycles. The molecule has 1 aromatic carbocycles. The molecule has 3 rings (SSSR count). The van der Waals surface area contributed by atoms with E-state index in [2.05, 4.69) is 52.4 Å². The fourth-order valence-electron chi connectivity index (χ4n) is 3.32. The number of carbonyl (C=O) groups excluding carboxylic acids is 1. The molecule has 1 N–H and O–H groups in total. The van der Waals surface area contributed by atoms with Crippen molar-refractivity contribution in [1.82, 2.24) is 15.1 Å². The van der Waals surface area contributed by atoms with Crippen LogP contribution < -0.4 is 5.32 Å². The summed E-state index contributed by atoms with van der Waals surface area (Å²) in [5.41, 5.74) is 1.41. The Hall–Kier alpha value is -1.39. The summed E-state index contributed by atoms with van der Waals surface area (Å²) in [5, 5.41) is 3.15. The zero-order chi connectivity index (χ0) is 16.1. The number of hydrogen-bond acceptors (Lipinski definition) is 3. The second-order valence-electron chi connectivity index (χ2n) is 7.05. The van der Waals surface area contributed by atoms with Crippen LogP contribution >= 0.6 is 0 Å². The van der Waals surface area contributed by atoms with Gasteiger partial charge in [-0.05, 0) is 37.7 Å². The first-order valence-electron chi connectivity index (χ1n) is 8.99. The van der Waals surface area contributed by atoms with E-state index in [4.69, 9.17) is 0 Å². The lowest BCUT2D eigenvalue weighted by molar-refractivity contribution is -0.123. The smallest absolute Gasteiger partial charge is 0.234 e. The molecule has 1 unspecified atom stereocenters. The highest BCUT2D eigenvalue weighted by molar-refractivity contribution is 5.78. The predicted molar refractivity (Wildman–Crippen MR) is 93.4 cm³/mol. The van der Waals surface area contributed by atoms with Gasteiger partial charge in [-0.25, -0.2) is 0 Å². The minimum atomic E-state index is 0.196. The van der Waals surface area contributed by atoms with E-state index in [-0.39, 0.29) is 5.91 Å². The number of benzene rings is 1. The van der Waals surface area contributed by atoms with Gasteiger partial charge in [-0.3, -0.25) is 9.69 Å². The first-order chi connectivity index (χ1) is 11.2. The van der Waals surface area contributed by atoms with Gasteiger partial charge in [0, 0.05) is 38.8 Å². The van der Waals surface area contributed by atoms with E-state index in [0.717, 1.165) is 45.1 Å². The standard InChI is InChI=1S/C19H29N3O/c1-16(18-7-8-18)20-19(23)15-22-13-11-21(12-14-22)10-9-17-5-3-2-4-6-17/h2-6,16,18H,7-15H2,1H3,(H,20,23). The lowest BCUT2D eigenvalue weighted by Gasteiger charge is -2.34. The van der Waals surface area contributed by atoms with Crippen LogP contribution in [0.3, 0.4) is 0 Å². The van der Waals surface area contributed by atoms with Crippen LogP contribution in [-0.4, -0.2) is 61.0 Å². The van der Waals surface area contributed by atoms with Crippen molar-refractivity contribution in [1.29, 1.82) is 0 Å². The van der Waals surface area contributed by atoms with Crippen LogP contribution in [0, 0.1) is 5.92 Å². The highest BCUT2D eigenvalue weighted by atomic mass is 16.2. The monoisotopic (exact) mass is 315 g/mol. The summed E-state index contributed by atoms with van der Waals surface area (Å²) in [6, 6.07) is 11.0. The fourth-order valence-corrected chi connectivity index (χ4v) is 3.32. The molecule has 1 heterocycles. The summed E-state index contributed by atoms with van der Waals surface area (Å²) in [5.74, 6) is 0.927. The highest BCUT2D eigenvalue weighted by Crippen LogP contribution is 2.32. The van der Waals surface area contributed by atoms with Crippen molar-refractivity contribution in [3.8, 4) is 0 Å². The van der Waals surface area contributed by atoms with Crippen LogP contribution in [0.4, 0.5) is 0 Å². The maximum Gasteiger partial charge on any atom is 0.234 e. The maximum atomic E-state index is 12.1. The second kappa shape index (κ2) is 7.93. The molecule has 0 bridgehead atoms. The number of nitrogens with one attached hydrogen (secondary N) is 1. The summed E-state index contributed by atoms with van der Waals surface area (Å²) in [7, 11) is 0. The Kier molecular flexibility index (Phi) is 5.68. The molecule has 0 spiro atoms. The third-order valence-corrected chi connectivity index (χ3v) is 5.11. The van der Waals surface area contributed by atoms with Crippen LogP contribution in [0.5, 0.6) is 0 Å². The number of carbonyl (C=O) groups is 1. The Morgan fingerprint density at radius 1 is 1.13 bits per heavy atom. The number of hydrogen-bond donors (Lipinski definition) is 1. The van der Waals surface area contributed by atoms with E-state index >= 15 is 0 Å². The van der Waals surface area contributed by atoms with E-state index in [9.17, 15) is 4.79 Å². The van der Waals surface area contributed by atoms with E-state index in [0.29, 0.717) is 12.6 Å². The predicted octanol–water partition coefficient (Wildman–Crippen LogP) is 1.76. The number of nitrogens with zero attached hydrogens (tertiary/aromatic N) is 2. The van der Waals surface area contributed by atoms with E-state index in [1.165, 1.54) is 18.4 Å². The van der Waals surface area contributed by atoms with Crippen molar-refractivity contribution in [2.24, 2.45) is 5.92 Å². The molecule has 1 amide bonds. The SMILES string of the molecule is CC(NC(=O)CN1CCN(CCc2ccccc2)CC1)C1CC1. The van der Waals surface area contributed by atoms with E-state index in [1.807, 2.05) is 0 Å². The molecule has 1 atom stereocenters. The Balaban J connectivity index is 1.32. The van der Waals surface area contributed by atoms with Crippen molar-refractivity contribution in [3.05, 3.63) is 35.9 Å². The van der Waals surface area contributed by atoms with Crippen molar-refractivity contribution < 1.29 is 4.79 Å². The largest absolute Gasteiger partial charge is 0.352 e. The van der Waals surface area contributed by atoms with Crippen molar-refractivity contribution in [3.63, 3.8) is 0 Å². The zero-order valence-corrected chi connectivity index (χ0v) is 14.2. The van der Waals surface area contributed by atoms with Gasteiger partial charge in [0.25, 0.3) is 0 Å².